The van der Waals surface area contributed by atoms with E-state index in [1.54, 1.807) is 0 Å². The van der Waals surface area contributed by atoms with Gasteiger partial charge in [-0.1, -0.05) is 12.1 Å². The first-order chi connectivity index (χ1) is 10.1. The van der Waals surface area contributed by atoms with Gasteiger partial charge in [0.1, 0.15) is 5.82 Å². The van der Waals surface area contributed by atoms with E-state index in [0.29, 0.717) is 10.8 Å². The van der Waals surface area contributed by atoms with Gasteiger partial charge in [-0.2, -0.15) is 11.8 Å². The highest BCUT2D eigenvalue weighted by Gasteiger charge is 2.25. The van der Waals surface area contributed by atoms with Crippen LogP contribution in [0, 0.1) is 5.82 Å². The van der Waals surface area contributed by atoms with E-state index in [4.69, 9.17) is 0 Å². The fraction of sp³-hybridized carbons (Fsp3) is 0.533. The van der Waals surface area contributed by atoms with Crippen LogP contribution in [0.15, 0.2) is 24.3 Å². The summed E-state index contributed by atoms with van der Waals surface area (Å²) in [4.78, 5) is 11.8. The van der Waals surface area contributed by atoms with Gasteiger partial charge in [0.2, 0.25) is 0 Å². The Kier molecular flexibility index (Phi) is 5.87. The second kappa shape index (κ2) is 7.66. The first-order valence-corrected chi connectivity index (χ1v) is 8.38. The van der Waals surface area contributed by atoms with Crippen LogP contribution >= 0.6 is 11.8 Å². The fourth-order valence-electron chi connectivity index (χ4n) is 2.51. The van der Waals surface area contributed by atoms with Crippen molar-refractivity contribution in [3.05, 3.63) is 35.6 Å². The second-order valence-corrected chi connectivity index (χ2v) is 6.43. The minimum Gasteiger partial charge on any atom is -0.387 e. The summed E-state index contributed by atoms with van der Waals surface area (Å²) < 4.78 is 12.8. The zero-order valence-electron chi connectivity index (χ0n) is 12.0. The van der Waals surface area contributed by atoms with Crippen molar-refractivity contribution in [2.75, 3.05) is 12.8 Å². The number of carbonyl (C=O) groups is 1. The number of hydrogen-bond donors (Lipinski definition) is 3. The van der Waals surface area contributed by atoms with E-state index >= 15 is 0 Å². The number of carbonyl (C=O) groups excluding carboxylic acids is 1. The van der Waals surface area contributed by atoms with Crippen LogP contribution in [0.4, 0.5) is 9.18 Å². The summed E-state index contributed by atoms with van der Waals surface area (Å²) in [7, 11) is 0. The van der Waals surface area contributed by atoms with Gasteiger partial charge in [0.05, 0.1) is 6.10 Å². The van der Waals surface area contributed by atoms with Crippen LogP contribution in [-0.4, -0.2) is 35.2 Å². The molecule has 0 aromatic heterocycles. The molecule has 116 valence electrons. The maximum Gasteiger partial charge on any atom is 0.315 e. The Morgan fingerprint density at radius 1 is 1.43 bits per heavy atom. The van der Waals surface area contributed by atoms with E-state index in [1.165, 1.54) is 24.3 Å². The molecule has 1 aliphatic rings. The minimum absolute atomic E-state index is 0.107. The number of aliphatic hydroxyl groups excluding tert-OH is 1. The molecule has 0 heterocycles. The number of benzene rings is 1. The lowest BCUT2D eigenvalue weighted by atomic mass is 10.1. The molecule has 1 aliphatic carbocycles. The SMILES string of the molecule is CSC1CCC(NC(=O)NCC(O)c2ccc(F)cc2)C1. The summed E-state index contributed by atoms with van der Waals surface area (Å²) in [6.07, 6.45) is 4.38. The number of urea groups is 1. The summed E-state index contributed by atoms with van der Waals surface area (Å²) in [5, 5.41) is 16.1. The van der Waals surface area contributed by atoms with Crippen LogP contribution < -0.4 is 10.6 Å². The first-order valence-electron chi connectivity index (χ1n) is 7.09. The lowest BCUT2D eigenvalue weighted by Crippen LogP contribution is -2.42. The molecule has 3 atom stereocenters. The van der Waals surface area contributed by atoms with Gasteiger partial charge in [-0.15, -0.1) is 0 Å². The topological polar surface area (TPSA) is 61.4 Å². The van der Waals surface area contributed by atoms with E-state index in [-0.39, 0.29) is 24.4 Å². The predicted octanol–water partition coefficient (Wildman–Crippen LogP) is 2.44. The normalized spacial score (nSPS) is 22.8. The quantitative estimate of drug-likeness (QED) is 0.782. The molecular weight excluding hydrogens is 291 g/mol. The minimum atomic E-state index is -0.834. The molecule has 4 nitrogen and oxygen atoms in total. The number of amides is 2. The molecule has 2 rings (SSSR count). The first kappa shape index (κ1) is 16.1. The molecule has 1 aromatic carbocycles. The summed E-state index contributed by atoms with van der Waals surface area (Å²) in [6, 6.07) is 5.56. The van der Waals surface area contributed by atoms with Crippen molar-refractivity contribution in [1.82, 2.24) is 10.6 Å². The smallest absolute Gasteiger partial charge is 0.315 e. The molecule has 1 aromatic rings. The lowest BCUT2D eigenvalue weighted by Gasteiger charge is -2.16. The zero-order valence-corrected chi connectivity index (χ0v) is 12.8. The molecule has 1 fully saturated rings. The predicted molar refractivity (Wildman–Crippen MR) is 82.8 cm³/mol. The Balaban J connectivity index is 1.72. The maximum absolute atomic E-state index is 12.8. The monoisotopic (exact) mass is 312 g/mol. The highest BCUT2D eigenvalue weighted by molar-refractivity contribution is 7.99. The maximum atomic E-state index is 12.8. The summed E-state index contributed by atoms with van der Waals surface area (Å²) in [5.74, 6) is -0.346. The largest absolute Gasteiger partial charge is 0.387 e. The van der Waals surface area contributed by atoms with Gasteiger partial charge in [0, 0.05) is 17.8 Å². The van der Waals surface area contributed by atoms with E-state index in [9.17, 15) is 14.3 Å². The standard InChI is InChI=1S/C15H21FN2O2S/c1-21-13-7-6-12(8-13)18-15(20)17-9-14(19)10-2-4-11(16)5-3-10/h2-5,12-14,19H,6-9H2,1H3,(H2,17,18,20). The van der Waals surface area contributed by atoms with Crippen molar-refractivity contribution in [2.24, 2.45) is 0 Å². The number of halogens is 1. The van der Waals surface area contributed by atoms with E-state index in [1.807, 2.05) is 11.8 Å². The summed E-state index contributed by atoms with van der Waals surface area (Å²) >= 11 is 1.84. The summed E-state index contributed by atoms with van der Waals surface area (Å²) in [5.41, 5.74) is 0.583. The highest BCUT2D eigenvalue weighted by atomic mass is 32.2. The number of hydrogen-bond acceptors (Lipinski definition) is 3. The van der Waals surface area contributed by atoms with Crippen LogP contribution in [0.5, 0.6) is 0 Å². The second-order valence-electron chi connectivity index (χ2n) is 5.29. The van der Waals surface area contributed by atoms with Crippen molar-refractivity contribution in [1.29, 1.82) is 0 Å². The van der Waals surface area contributed by atoms with Crippen molar-refractivity contribution < 1.29 is 14.3 Å². The van der Waals surface area contributed by atoms with Crippen LogP contribution in [0.2, 0.25) is 0 Å². The Hall–Kier alpha value is -1.27. The van der Waals surface area contributed by atoms with Crippen LogP contribution in [0.1, 0.15) is 30.9 Å². The average Bonchev–Trinajstić information content (AvgIpc) is 2.93. The van der Waals surface area contributed by atoms with Crippen molar-refractivity contribution in [3.8, 4) is 0 Å². The molecule has 6 heteroatoms. The number of aliphatic hydroxyl groups is 1. The van der Waals surface area contributed by atoms with Gasteiger partial charge < -0.3 is 15.7 Å². The average molecular weight is 312 g/mol. The number of thioether (sulfide) groups is 1. The Morgan fingerprint density at radius 2 is 2.14 bits per heavy atom. The lowest BCUT2D eigenvalue weighted by molar-refractivity contribution is 0.172. The van der Waals surface area contributed by atoms with E-state index in [0.717, 1.165) is 19.3 Å². The summed E-state index contributed by atoms with van der Waals surface area (Å²) in [6.45, 7) is 0.107. The van der Waals surface area contributed by atoms with Gasteiger partial charge in [-0.3, -0.25) is 0 Å². The van der Waals surface area contributed by atoms with E-state index < -0.39 is 6.10 Å². The zero-order chi connectivity index (χ0) is 15.2. The van der Waals surface area contributed by atoms with Crippen LogP contribution in [0.3, 0.4) is 0 Å². The molecule has 0 bridgehead atoms. The number of rotatable bonds is 5. The van der Waals surface area contributed by atoms with Crippen LogP contribution in [0.25, 0.3) is 0 Å². The van der Waals surface area contributed by atoms with E-state index in [2.05, 4.69) is 16.9 Å². The number of nitrogens with one attached hydrogen (secondary N) is 2. The molecule has 1 saturated carbocycles. The molecule has 2 amide bonds. The highest BCUT2D eigenvalue weighted by Crippen LogP contribution is 2.27. The molecule has 0 radical (unpaired) electrons. The third-order valence-corrected chi connectivity index (χ3v) is 4.86. The van der Waals surface area contributed by atoms with Crippen molar-refractivity contribution in [2.45, 2.75) is 36.7 Å². The third kappa shape index (κ3) is 4.89. The van der Waals surface area contributed by atoms with Crippen molar-refractivity contribution >= 4 is 17.8 Å². The Labute approximate surface area is 128 Å². The molecular formula is C15H21FN2O2S. The molecule has 21 heavy (non-hydrogen) atoms. The fourth-order valence-corrected chi connectivity index (χ4v) is 3.31. The van der Waals surface area contributed by atoms with Gasteiger partial charge in [0.15, 0.2) is 0 Å². The Morgan fingerprint density at radius 3 is 2.76 bits per heavy atom. The molecule has 3 N–H and O–H groups in total. The molecule has 3 unspecified atom stereocenters. The van der Waals surface area contributed by atoms with Gasteiger partial charge in [0.25, 0.3) is 0 Å². The van der Waals surface area contributed by atoms with Crippen molar-refractivity contribution in [3.63, 3.8) is 0 Å². The molecule has 0 spiro atoms. The van der Waals surface area contributed by atoms with Gasteiger partial charge in [-0.25, -0.2) is 9.18 Å². The Bertz CT molecular complexity index is 469. The van der Waals surface area contributed by atoms with Crippen LogP contribution in [-0.2, 0) is 0 Å². The molecule has 0 saturated heterocycles. The third-order valence-electron chi connectivity index (χ3n) is 3.76. The van der Waals surface area contributed by atoms with Gasteiger partial charge >= 0.3 is 6.03 Å². The molecule has 0 aliphatic heterocycles. The van der Waals surface area contributed by atoms with Gasteiger partial charge in [-0.05, 0) is 43.2 Å².